The highest BCUT2D eigenvalue weighted by molar-refractivity contribution is 7.89. The molecule has 0 radical (unpaired) electrons. The van der Waals surface area contributed by atoms with Gasteiger partial charge in [0.05, 0.1) is 6.61 Å². The average Bonchev–Trinajstić information content (AvgIpc) is 3.54. The van der Waals surface area contributed by atoms with Crippen LogP contribution in [-0.2, 0) is 17.1 Å². The molecule has 1 saturated heterocycles. The second-order valence-corrected chi connectivity index (χ2v) is 10.9. The Morgan fingerprint density at radius 1 is 1.22 bits per heavy atom. The minimum Gasteiger partial charge on any atom is -0.489 e. The zero-order valence-electron chi connectivity index (χ0n) is 18.5. The number of ether oxygens (including phenoxy) is 1. The van der Waals surface area contributed by atoms with Gasteiger partial charge in [-0.15, -0.1) is 11.3 Å². The molecule has 0 bridgehead atoms. The highest BCUT2D eigenvalue weighted by Gasteiger charge is 2.42. The summed E-state index contributed by atoms with van der Waals surface area (Å²) in [6.45, 7) is 0.290. The van der Waals surface area contributed by atoms with Crippen LogP contribution in [0.4, 0.5) is 18.9 Å². The van der Waals surface area contributed by atoms with Crippen molar-refractivity contribution in [2.75, 3.05) is 25.0 Å². The normalized spacial score (nSPS) is 20.6. The molecule has 2 aliphatic heterocycles. The van der Waals surface area contributed by atoms with Crippen molar-refractivity contribution in [3.05, 3.63) is 58.1 Å². The number of hydrogen-bond acceptors (Lipinski definition) is 7. The van der Waals surface area contributed by atoms with Gasteiger partial charge < -0.3 is 19.5 Å². The van der Waals surface area contributed by atoms with Crippen LogP contribution in [0.1, 0.15) is 20.3 Å². The van der Waals surface area contributed by atoms with Gasteiger partial charge in [0.25, 0.3) is 11.8 Å². The van der Waals surface area contributed by atoms with Crippen molar-refractivity contribution in [3.8, 4) is 5.75 Å². The number of carbonyl (C=O) groups is 2. The Bertz CT molecular complexity index is 1450. The second-order valence-electron chi connectivity index (χ2n) is 8.34. The monoisotopic (exact) mass is 541 g/mol. The minimum absolute atomic E-state index is 0.0219. The number of anilines is 1. The molecule has 3 aromatic rings. The predicted molar refractivity (Wildman–Crippen MR) is 121 cm³/mol. The first-order valence-corrected chi connectivity index (χ1v) is 12.9. The maximum absolute atomic E-state index is 13.6. The van der Waals surface area contributed by atoms with Gasteiger partial charge in [0.1, 0.15) is 4.90 Å². The van der Waals surface area contributed by atoms with Gasteiger partial charge in [0, 0.05) is 67.7 Å². The highest BCUT2D eigenvalue weighted by atomic mass is 32.2. The lowest BCUT2D eigenvalue weighted by Crippen LogP contribution is -2.43. The van der Waals surface area contributed by atoms with Crippen molar-refractivity contribution in [2.45, 2.75) is 10.9 Å². The maximum atomic E-state index is 13.6. The van der Waals surface area contributed by atoms with Crippen LogP contribution in [0.25, 0.3) is 0 Å². The number of carbonyl (C=O) groups excluding carboxylic acids is 2. The number of rotatable bonds is 3. The molecule has 4 heterocycles. The first-order chi connectivity index (χ1) is 17.0. The Balaban J connectivity index is 1.42. The zero-order chi connectivity index (χ0) is 25.8. The predicted octanol–water partition coefficient (Wildman–Crippen LogP) is 1.96. The number of hydrogen-bond donors (Lipinski definition) is 2. The van der Waals surface area contributed by atoms with E-state index in [4.69, 9.17) is 4.74 Å². The van der Waals surface area contributed by atoms with Crippen molar-refractivity contribution in [3.63, 3.8) is 0 Å². The van der Waals surface area contributed by atoms with E-state index in [1.54, 1.807) is 5.38 Å². The van der Waals surface area contributed by atoms with Gasteiger partial charge >= 0.3 is 0 Å². The molecule has 0 saturated carbocycles. The van der Waals surface area contributed by atoms with Crippen molar-refractivity contribution >= 4 is 38.9 Å². The van der Waals surface area contributed by atoms with Gasteiger partial charge in [-0.1, -0.05) is 0 Å². The van der Waals surface area contributed by atoms with E-state index >= 15 is 0 Å². The van der Waals surface area contributed by atoms with Crippen LogP contribution in [0.5, 0.6) is 5.75 Å². The number of nitrogens with one attached hydrogen (secondary N) is 2. The van der Waals surface area contributed by atoms with Gasteiger partial charge in [0.2, 0.25) is 10.0 Å². The van der Waals surface area contributed by atoms with Gasteiger partial charge in [0.15, 0.2) is 33.9 Å². The number of likely N-dealkylation sites (tertiary alicyclic amines) is 1. The number of fused-ring (bicyclic) bond motifs is 2. The quantitative estimate of drug-likeness (QED) is 0.489. The Morgan fingerprint density at radius 2 is 1.94 bits per heavy atom. The van der Waals surface area contributed by atoms with E-state index in [1.165, 1.54) is 40.2 Å². The van der Waals surface area contributed by atoms with Crippen molar-refractivity contribution in [1.82, 2.24) is 19.2 Å². The van der Waals surface area contributed by atoms with Gasteiger partial charge in [-0.3, -0.25) is 9.59 Å². The fraction of sp³-hybridized carbons (Fsp3) is 0.286. The zero-order valence-corrected chi connectivity index (χ0v) is 20.1. The molecule has 15 heteroatoms. The van der Waals surface area contributed by atoms with E-state index in [0.29, 0.717) is 12.1 Å². The Labute approximate surface area is 206 Å². The summed E-state index contributed by atoms with van der Waals surface area (Å²) in [5.74, 6) is -6.62. The van der Waals surface area contributed by atoms with Crippen LogP contribution in [0.2, 0.25) is 0 Å². The van der Waals surface area contributed by atoms with Crippen LogP contribution in [-0.4, -0.2) is 60.4 Å². The van der Waals surface area contributed by atoms with Crippen LogP contribution in [0.15, 0.2) is 34.8 Å². The van der Waals surface area contributed by atoms with E-state index in [-0.39, 0.29) is 52.6 Å². The first-order valence-electron chi connectivity index (χ1n) is 10.5. The number of thiazole rings is 1. The molecule has 2 aliphatic rings. The molecule has 0 aliphatic carbocycles. The van der Waals surface area contributed by atoms with Crippen LogP contribution in [0.3, 0.4) is 0 Å². The molecule has 2 aromatic heterocycles. The number of amides is 2. The van der Waals surface area contributed by atoms with Crippen molar-refractivity contribution in [1.29, 1.82) is 0 Å². The number of aromatic nitrogens is 2. The van der Waals surface area contributed by atoms with Gasteiger partial charge in [-0.2, -0.15) is 0 Å². The van der Waals surface area contributed by atoms with Gasteiger partial charge in [-0.05, 0) is 0 Å². The van der Waals surface area contributed by atoms with Crippen molar-refractivity contribution in [2.24, 2.45) is 13.0 Å². The van der Waals surface area contributed by atoms with Crippen LogP contribution in [0, 0.1) is 23.4 Å². The Kier molecular flexibility index (Phi) is 6.00. The summed E-state index contributed by atoms with van der Waals surface area (Å²) in [5.41, 5.74) is -0.599. The Morgan fingerprint density at radius 3 is 2.61 bits per heavy atom. The summed E-state index contributed by atoms with van der Waals surface area (Å²) in [4.78, 5) is 30.8. The highest BCUT2D eigenvalue weighted by Crippen LogP contribution is 2.35. The number of halogens is 3. The van der Waals surface area contributed by atoms with Crippen LogP contribution >= 0.6 is 11.3 Å². The maximum Gasteiger partial charge on any atom is 0.282 e. The molecule has 5 rings (SSSR count). The third kappa shape index (κ3) is 4.22. The summed E-state index contributed by atoms with van der Waals surface area (Å²) in [6.07, 6.45) is 2.67. The molecule has 2 unspecified atom stereocenters. The summed E-state index contributed by atoms with van der Waals surface area (Å²) in [5, 5.41) is 4.18. The number of nitrogens with zero attached hydrogens (tertiary/aromatic N) is 3. The SMILES string of the molecule is Cn1cc2c(c1C(=O)Nc1cc(F)c(F)c(F)c1)OCC1CN(C(=O)c3nccs3)CC1NS2(=O)=O. The molecule has 0 spiro atoms. The summed E-state index contributed by atoms with van der Waals surface area (Å²) >= 11 is 1.17. The van der Waals surface area contributed by atoms with E-state index < -0.39 is 45.3 Å². The second kappa shape index (κ2) is 8.90. The Hall–Kier alpha value is -3.43. The third-order valence-electron chi connectivity index (χ3n) is 5.94. The number of aryl methyl sites for hydroxylation is 1. The summed E-state index contributed by atoms with van der Waals surface area (Å²) in [6, 6.07) is 0.563. The topological polar surface area (TPSA) is 123 Å². The lowest BCUT2D eigenvalue weighted by Gasteiger charge is -2.23. The number of sulfonamides is 1. The molecular formula is C21H18F3N5O5S2. The molecule has 36 heavy (non-hydrogen) atoms. The lowest BCUT2D eigenvalue weighted by molar-refractivity contribution is 0.0781. The minimum atomic E-state index is -4.18. The van der Waals surface area contributed by atoms with E-state index in [0.717, 1.165) is 0 Å². The summed E-state index contributed by atoms with van der Waals surface area (Å²) < 4.78 is 76.4. The lowest BCUT2D eigenvalue weighted by atomic mass is 10.1. The molecule has 1 aromatic carbocycles. The molecule has 2 amide bonds. The fourth-order valence-corrected chi connectivity index (χ4v) is 6.34. The molecule has 2 N–H and O–H groups in total. The van der Waals surface area contributed by atoms with E-state index in [2.05, 4.69) is 15.0 Å². The van der Waals surface area contributed by atoms with E-state index in [1.807, 2.05) is 0 Å². The fourth-order valence-electron chi connectivity index (χ4n) is 4.25. The largest absolute Gasteiger partial charge is 0.489 e. The first kappa shape index (κ1) is 24.3. The van der Waals surface area contributed by atoms with Crippen molar-refractivity contribution < 1.29 is 35.9 Å². The number of benzene rings is 1. The van der Waals surface area contributed by atoms with E-state index in [9.17, 15) is 31.2 Å². The molecular weight excluding hydrogens is 523 g/mol. The molecule has 190 valence electrons. The molecule has 2 atom stereocenters. The third-order valence-corrected chi connectivity index (χ3v) is 8.18. The van der Waals surface area contributed by atoms with Gasteiger partial charge in [-0.25, -0.2) is 31.3 Å². The summed E-state index contributed by atoms with van der Waals surface area (Å²) in [7, 11) is -2.78. The molecule has 1 fully saturated rings. The smallest absolute Gasteiger partial charge is 0.282 e. The average molecular weight is 542 g/mol. The standard InChI is InChI=1S/C21H18F3N5O5S2/c1-28-8-15-18(17(28)19(30)26-11-4-12(22)16(24)13(23)5-11)34-9-10-6-29(7-14(10)27-36(15,32)33)21(31)20-25-2-3-35-20/h2-5,8,10,14,27H,6-7,9H2,1H3,(H,26,30). The molecule has 10 nitrogen and oxygen atoms in total. The van der Waals surface area contributed by atoms with Crippen LogP contribution < -0.4 is 14.8 Å².